The van der Waals surface area contributed by atoms with Crippen molar-refractivity contribution in [3.05, 3.63) is 53.6 Å². The standard InChI is InChI=1S/C18H20O5/c1-12-5-4-6-15(9-12)23-17(18(19)20)10-13-7-8-14(21-2)11-16(13)22-3/h4-9,11,17H,10H2,1-3H3,(H,19,20). The van der Waals surface area contributed by atoms with E-state index >= 15 is 0 Å². The topological polar surface area (TPSA) is 65.0 Å². The van der Waals surface area contributed by atoms with Crippen molar-refractivity contribution in [1.29, 1.82) is 0 Å². The van der Waals surface area contributed by atoms with E-state index in [1.807, 2.05) is 19.1 Å². The van der Waals surface area contributed by atoms with Crippen LogP contribution in [0.3, 0.4) is 0 Å². The summed E-state index contributed by atoms with van der Waals surface area (Å²) in [6.07, 6.45) is -0.810. The van der Waals surface area contributed by atoms with Crippen LogP contribution in [0, 0.1) is 6.92 Å². The Labute approximate surface area is 135 Å². The van der Waals surface area contributed by atoms with Gasteiger partial charge in [0.15, 0.2) is 6.10 Å². The lowest BCUT2D eigenvalue weighted by Gasteiger charge is -2.17. The summed E-state index contributed by atoms with van der Waals surface area (Å²) in [5.74, 6) is 0.731. The molecule has 0 bridgehead atoms. The van der Waals surface area contributed by atoms with Crippen LogP contribution in [-0.4, -0.2) is 31.4 Å². The molecule has 0 saturated carbocycles. The smallest absolute Gasteiger partial charge is 0.345 e. The number of benzene rings is 2. The zero-order chi connectivity index (χ0) is 16.8. The van der Waals surface area contributed by atoms with Gasteiger partial charge in [-0.1, -0.05) is 18.2 Å². The average Bonchev–Trinajstić information content (AvgIpc) is 2.54. The van der Waals surface area contributed by atoms with Crippen LogP contribution in [0.25, 0.3) is 0 Å². The third kappa shape index (κ3) is 4.39. The molecule has 5 heteroatoms. The van der Waals surface area contributed by atoms with Gasteiger partial charge in [-0.3, -0.25) is 0 Å². The number of methoxy groups -OCH3 is 2. The Morgan fingerprint density at radius 3 is 2.48 bits per heavy atom. The van der Waals surface area contributed by atoms with Crippen LogP contribution >= 0.6 is 0 Å². The van der Waals surface area contributed by atoms with E-state index in [1.165, 1.54) is 7.11 Å². The molecule has 0 spiro atoms. The number of hydrogen-bond acceptors (Lipinski definition) is 4. The summed E-state index contributed by atoms with van der Waals surface area (Å²) in [5.41, 5.74) is 1.75. The first-order valence-electron chi connectivity index (χ1n) is 7.20. The predicted octanol–water partition coefficient (Wildman–Crippen LogP) is 3.09. The van der Waals surface area contributed by atoms with E-state index in [0.29, 0.717) is 17.2 Å². The van der Waals surface area contributed by atoms with Crippen LogP contribution in [0.1, 0.15) is 11.1 Å². The normalized spacial score (nSPS) is 11.6. The summed E-state index contributed by atoms with van der Waals surface area (Å²) < 4.78 is 16.1. The van der Waals surface area contributed by atoms with Gasteiger partial charge in [-0.2, -0.15) is 0 Å². The Kier molecular flexibility index (Phi) is 5.46. The molecule has 0 fully saturated rings. The number of carboxylic acid groups (broad SMARTS) is 1. The maximum absolute atomic E-state index is 11.5. The second-order valence-corrected chi connectivity index (χ2v) is 5.14. The molecule has 0 radical (unpaired) electrons. The maximum Gasteiger partial charge on any atom is 0.345 e. The fraction of sp³-hybridized carbons (Fsp3) is 0.278. The molecule has 2 rings (SSSR count). The molecule has 122 valence electrons. The highest BCUT2D eigenvalue weighted by atomic mass is 16.5. The van der Waals surface area contributed by atoms with Crippen LogP contribution in [0.15, 0.2) is 42.5 Å². The highest BCUT2D eigenvalue weighted by Gasteiger charge is 2.22. The number of aliphatic carboxylic acids is 1. The van der Waals surface area contributed by atoms with Gasteiger partial charge in [0.2, 0.25) is 0 Å². The number of carbonyl (C=O) groups is 1. The molecule has 0 saturated heterocycles. The SMILES string of the molecule is COc1ccc(CC(Oc2cccc(C)c2)C(=O)O)c(OC)c1. The van der Waals surface area contributed by atoms with Crippen molar-refractivity contribution in [2.45, 2.75) is 19.4 Å². The van der Waals surface area contributed by atoms with Gasteiger partial charge in [0, 0.05) is 12.5 Å². The molecular weight excluding hydrogens is 296 g/mol. The molecule has 0 aliphatic carbocycles. The quantitative estimate of drug-likeness (QED) is 0.850. The van der Waals surface area contributed by atoms with Crippen molar-refractivity contribution in [3.63, 3.8) is 0 Å². The van der Waals surface area contributed by atoms with Crippen molar-refractivity contribution in [3.8, 4) is 17.2 Å². The van der Waals surface area contributed by atoms with Crippen LogP contribution < -0.4 is 14.2 Å². The molecule has 0 aliphatic rings. The number of hydrogen-bond donors (Lipinski definition) is 1. The van der Waals surface area contributed by atoms with E-state index < -0.39 is 12.1 Å². The minimum Gasteiger partial charge on any atom is -0.497 e. The van der Waals surface area contributed by atoms with Gasteiger partial charge in [-0.05, 0) is 36.2 Å². The highest BCUT2D eigenvalue weighted by molar-refractivity contribution is 5.73. The van der Waals surface area contributed by atoms with Crippen molar-refractivity contribution >= 4 is 5.97 Å². The summed E-state index contributed by atoms with van der Waals surface area (Å²) in [4.78, 5) is 11.5. The minimum atomic E-state index is -1.02. The molecule has 2 aromatic carbocycles. The van der Waals surface area contributed by atoms with Crippen molar-refractivity contribution in [2.75, 3.05) is 14.2 Å². The van der Waals surface area contributed by atoms with Gasteiger partial charge in [0.25, 0.3) is 0 Å². The third-order valence-corrected chi connectivity index (χ3v) is 3.44. The molecule has 0 heterocycles. The number of aryl methyl sites for hydroxylation is 1. The Morgan fingerprint density at radius 2 is 1.87 bits per heavy atom. The molecule has 1 atom stereocenters. The molecule has 0 aliphatic heterocycles. The fourth-order valence-corrected chi connectivity index (χ4v) is 2.25. The number of carboxylic acids is 1. The molecule has 0 amide bonds. The van der Waals surface area contributed by atoms with Gasteiger partial charge in [0.05, 0.1) is 14.2 Å². The molecule has 1 N–H and O–H groups in total. The second-order valence-electron chi connectivity index (χ2n) is 5.14. The lowest BCUT2D eigenvalue weighted by Crippen LogP contribution is -2.29. The zero-order valence-corrected chi connectivity index (χ0v) is 13.4. The van der Waals surface area contributed by atoms with Gasteiger partial charge < -0.3 is 19.3 Å². The maximum atomic E-state index is 11.5. The Hall–Kier alpha value is -2.69. The monoisotopic (exact) mass is 316 g/mol. The molecule has 1 unspecified atom stereocenters. The number of rotatable bonds is 7. The van der Waals surface area contributed by atoms with Crippen molar-refractivity contribution in [2.24, 2.45) is 0 Å². The zero-order valence-electron chi connectivity index (χ0n) is 13.4. The first-order valence-corrected chi connectivity index (χ1v) is 7.20. The number of ether oxygens (including phenoxy) is 3. The summed E-state index contributed by atoms with van der Waals surface area (Å²) in [6.45, 7) is 1.93. The van der Waals surface area contributed by atoms with Gasteiger partial charge in [-0.15, -0.1) is 0 Å². The van der Waals surface area contributed by atoms with E-state index in [-0.39, 0.29) is 6.42 Å². The fourth-order valence-electron chi connectivity index (χ4n) is 2.25. The van der Waals surface area contributed by atoms with Crippen LogP contribution in [0.4, 0.5) is 0 Å². The first-order chi connectivity index (χ1) is 11.0. The molecule has 0 aromatic heterocycles. The van der Waals surface area contributed by atoms with Gasteiger partial charge >= 0.3 is 5.97 Å². The minimum absolute atomic E-state index is 0.191. The molecule has 2 aromatic rings. The summed E-state index contributed by atoms with van der Waals surface area (Å²) in [5, 5.41) is 9.44. The van der Waals surface area contributed by atoms with E-state index in [0.717, 1.165) is 11.1 Å². The summed E-state index contributed by atoms with van der Waals surface area (Å²) in [7, 11) is 3.10. The lowest BCUT2D eigenvalue weighted by atomic mass is 10.1. The highest BCUT2D eigenvalue weighted by Crippen LogP contribution is 2.26. The lowest BCUT2D eigenvalue weighted by molar-refractivity contribution is -0.145. The summed E-state index contributed by atoms with van der Waals surface area (Å²) >= 11 is 0. The van der Waals surface area contributed by atoms with Crippen molar-refractivity contribution in [1.82, 2.24) is 0 Å². The molecule has 23 heavy (non-hydrogen) atoms. The largest absolute Gasteiger partial charge is 0.497 e. The summed E-state index contributed by atoms with van der Waals surface area (Å²) in [6, 6.07) is 12.6. The van der Waals surface area contributed by atoms with Crippen molar-refractivity contribution < 1.29 is 24.1 Å². The van der Waals surface area contributed by atoms with Gasteiger partial charge in [-0.25, -0.2) is 4.79 Å². The van der Waals surface area contributed by atoms with Crippen LogP contribution in [0.2, 0.25) is 0 Å². The second kappa shape index (κ2) is 7.54. The van der Waals surface area contributed by atoms with Gasteiger partial charge in [0.1, 0.15) is 17.2 Å². The van der Waals surface area contributed by atoms with Crippen LogP contribution in [-0.2, 0) is 11.2 Å². The Bertz CT molecular complexity index is 681. The van der Waals surface area contributed by atoms with E-state index in [9.17, 15) is 9.90 Å². The first kappa shape index (κ1) is 16.7. The Morgan fingerprint density at radius 1 is 1.09 bits per heavy atom. The van der Waals surface area contributed by atoms with Crippen LogP contribution in [0.5, 0.6) is 17.2 Å². The van der Waals surface area contributed by atoms with E-state index in [4.69, 9.17) is 14.2 Å². The molecular formula is C18H20O5. The Balaban J connectivity index is 2.21. The third-order valence-electron chi connectivity index (χ3n) is 3.44. The average molecular weight is 316 g/mol. The van der Waals surface area contributed by atoms with E-state index in [1.54, 1.807) is 37.4 Å². The van der Waals surface area contributed by atoms with E-state index in [2.05, 4.69) is 0 Å². The molecule has 5 nitrogen and oxygen atoms in total. The predicted molar refractivity (Wildman–Crippen MR) is 86.5 cm³/mol.